The van der Waals surface area contributed by atoms with Gasteiger partial charge in [-0.15, -0.1) is 0 Å². The Morgan fingerprint density at radius 2 is 2.10 bits per heavy atom. The minimum absolute atomic E-state index is 0.000748. The van der Waals surface area contributed by atoms with E-state index in [0.717, 1.165) is 24.1 Å². The molecule has 1 saturated carbocycles. The number of amides is 1. The molecule has 1 aromatic heterocycles. The highest BCUT2D eigenvalue weighted by Gasteiger charge is 2.36. The van der Waals surface area contributed by atoms with Crippen molar-refractivity contribution in [2.45, 2.75) is 31.8 Å². The molecule has 1 aliphatic heterocycles. The molecule has 1 N–H and O–H groups in total. The van der Waals surface area contributed by atoms with Crippen LogP contribution in [0.5, 0.6) is 5.88 Å². The summed E-state index contributed by atoms with van der Waals surface area (Å²) in [5.41, 5.74) is 1.99. The van der Waals surface area contributed by atoms with Crippen molar-refractivity contribution >= 4 is 5.91 Å². The average molecular weight is 277 g/mol. The number of methoxy groups -OCH3 is 1. The van der Waals surface area contributed by atoms with Gasteiger partial charge in [-0.05, 0) is 19.3 Å². The third-order valence-corrected chi connectivity index (χ3v) is 4.21. The van der Waals surface area contributed by atoms with Gasteiger partial charge in [-0.2, -0.15) is 0 Å². The Labute approximate surface area is 117 Å². The summed E-state index contributed by atoms with van der Waals surface area (Å²) in [6.45, 7) is 1.35. The highest BCUT2D eigenvalue weighted by molar-refractivity contribution is 5.80. The molecule has 0 unspecified atom stereocenters. The zero-order valence-corrected chi connectivity index (χ0v) is 11.6. The second-order valence-electron chi connectivity index (χ2n) is 5.46. The molecule has 6 heteroatoms. The Morgan fingerprint density at radius 1 is 1.35 bits per heavy atom. The third kappa shape index (κ3) is 2.35. The fourth-order valence-electron chi connectivity index (χ4n) is 2.94. The number of hydrogen-bond donors (Lipinski definition) is 1. The molecule has 0 saturated heterocycles. The SMILES string of the molecule is COc1ncnc2c1CCN(C(=O)C1CC(O)C1)CC2. The van der Waals surface area contributed by atoms with Gasteiger partial charge in [-0.3, -0.25) is 4.79 Å². The zero-order valence-electron chi connectivity index (χ0n) is 11.6. The number of carbonyl (C=O) groups excluding carboxylic acids is 1. The molecule has 2 heterocycles. The van der Waals surface area contributed by atoms with E-state index in [9.17, 15) is 9.90 Å². The number of aliphatic hydroxyl groups is 1. The van der Waals surface area contributed by atoms with E-state index >= 15 is 0 Å². The molecule has 2 aliphatic rings. The van der Waals surface area contributed by atoms with Gasteiger partial charge in [-0.25, -0.2) is 9.97 Å². The van der Waals surface area contributed by atoms with E-state index in [4.69, 9.17) is 4.74 Å². The largest absolute Gasteiger partial charge is 0.481 e. The fraction of sp³-hybridized carbons (Fsp3) is 0.643. The standard InChI is InChI=1S/C14H19N3O3/c1-20-13-11-2-4-17(5-3-12(11)15-8-16-13)14(19)9-6-10(18)7-9/h8-10,18H,2-7H2,1H3. The molecular formula is C14H19N3O3. The smallest absolute Gasteiger partial charge is 0.225 e. The number of hydrogen-bond acceptors (Lipinski definition) is 5. The lowest BCUT2D eigenvalue weighted by atomic mass is 9.81. The number of ether oxygens (including phenoxy) is 1. The van der Waals surface area contributed by atoms with Crippen molar-refractivity contribution in [3.8, 4) is 5.88 Å². The van der Waals surface area contributed by atoms with Gasteiger partial charge in [0.05, 0.1) is 18.9 Å². The van der Waals surface area contributed by atoms with Crippen molar-refractivity contribution < 1.29 is 14.6 Å². The fourth-order valence-corrected chi connectivity index (χ4v) is 2.94. The summed E-state index contributed by atoms with van der Waals surface area (Å²) in [5, 5.41) is 9.33. The van der Waals surface area contributed by atoms with Crippen molar-refractivity contribution in [1.29, 1.82) is 0 Å². The molecule has 1 amide bonds. The summed E-state index contributed by atoms with van der Waals surface area (Å²) in [6, 6.07) is 0. The van der Waals surface area contributed by atoms with Crippen LogP contribution in [-0.4, -0.2) is 52.2 Å². The van der Waals surface area contributed by atoms with Gasteiger partial charge in [0.25, 0.3) is 0 Å². The summed E-state index contributed by atoms with van der Waals surface area (Å²) in [7, 11) is 1.60. The Morgan fingerprint density at radius 3 is 2.80 bits per heavy atom. The molecule has 3 rings (SSSR count). The van der Waals surface area contributed by atoms with Crippen LogP contribution in [0.3, 0.4) is 0 Å². The van der Waals surface area contributed by atoms with E-state index in [0.29, 0.717) is 31.8 Å². The van der Waals surface area contributed by atoms with Crippen molar-refractivity contribution in [1.82, 2.24) is 14.9 Å². The van der Waals surface area contributed by atoms with Crippen LogP contribution in [0.25, 0.3) is 0 Å². The number of rotatable bonds is 2. The van der Waals surface area contributed by atoms with Gasteiger partial charge in [0.15, 0.2) is 0 Å². The second kappa shape index (κ2) is 5.36. The van der Waals surface area contributed by atoms with E-state index in [1.807, 2.05) is 4.90 Å². The van der Waals surface area contributed by atoms with Gasteiger partial charge in [0.1, 0.15) is 6.33 Å². The first kappa shape index (κ1) is 13.3. The lowest BCUT2D eigenvalue weighted by Crippen LogP contribution is -2.44. The maximum absolute atomic E-state index is 12.3. The lowest BCUT2D eigenvalue weighted by molar-refractivity contribution is -0.142. The molecule has 0 aromatic carbocycles. The van der Waals surface area contributed by atoms with Gasteiger partial charge < -0.3 is 14.7 Å². The van der Waals surface area contributed by atoms with Crippen LogP contribution in [0.2, 0.25) is 0 Å². The van der Waals surface area contributed by atoms with Crippen molar-refractivity contribution in [3.05, 3.63) is 17.6 Å². The summed E-state index contributed by atoms with van der Waals surface area (Å²) in [4.78, 5) is 22.6. The predicted molar refractivity (Wildman–Crippen MR) is 71.3 cm³/mol. The second-order valence-corrected chi connectivity index (χ2v) is 5.46. The molecule has 0 bridgehead atoms. The Hall–Kier alpha value is -1.69. The molecule has 0 atom stereocenters. The van der Waals surface area contributed by atoms with E-state index in [1.165, 1.54) is 6.33 Å². The minimum atomic E-state index is -0.293. The van der Waals surface area contributed by atoms with Gasteiger partial charge in [0, 0.05) is 31.0 Å². The zero-order chi connectivity index (χ0) is 14.1. The van der Waals surface area contributed by atoms with Crippen molar-refractivity contribution in [2.75, 3.05) is 20.2 Å². The molecule has 1 aliphatic carbocycles. The Kier molecular flexibility index (Phi) is 3.56. The molecule has 108 valence electrons. The van der Waals surface area contributed by atoms with Crippen LogP contribution in [0.1, 0.15) is 24.1 Å². The van der Waals surface area contributed by atoms with Crippen LogP contribution in [0, 0.1) is 5.92 Å². The monoisotopic (exact) mass is 277 g/mol. The molecule has 0 radical (unpaired) electrons. The maximum atomic E-state index is 12.3. The normalized spacial score (nSPS) is 25.4. The number of aromatic nitrogens is 2. The van der Waals surface area contributed by atoms with Crippen LogP contribution < -0.4 is 4.74 Å². The quantitative estimate of drug-likeness (QED) is 0.835. The molecule has 1 fully saturated rings. The molecule has 20 heavy (non-hydrogen) atoms. The van der Waals surface area contributed by atoms with Gasteiger partial charge >= 0.3 is 0 Å². The van der Waals surface area contributed by atoms with E-state index < -0.39 is 0 Å². The molecule has 1 aromatic rings. The summed E-state index contributed by atoms with van der Waals surface area (Å²) in [6.07, 6.45) is 3.88. The van der Waals surface area contributed by atoms with Crippen LogP contribution >= 0.6 is 0 Å². The minimum Gasteiger partial charge on any atom is -0.481 e. The van der Waals surface area contributed by atoms with E-state index in [2.05, 4.69) is 9.97 Å². The van der Waals surface area contributed by atoms with Crippen LogP contribution in [0.4, 0.5) is 0 Å². The molecule has 0 spiro atoms. The number of carbonyl (C=O) groups is 1. The first-order valence-electron chi connectivity index (χ1n) is 7.02. The Balaban J connectivity index is 1.71. The lowest BCUT2D eigenvalue weighted by Gasteiger charge is -2.34. The number of aliphatic hydroxyl groups excluding tert-OH is 1. The van der Waals surface area contributed by atoms with Gasteiger partial charge in [-0.1, -0.05) is 0 Å². The van der Waals surface area contributed by atoms with Crippen molar-refractivity contribution in [3.63, 3.8) is 0 Å². The average Bonchev–Trinajstić information content (AvgIpc) is 2.65. The van der Waals surface area contributed by atoms with Crippen LogP contribution in [-0.2, 0) is 17.6 Å². The summed E-state index contributed by atoms with van der Waals surface area (Å²) in [5.74, 6) is 0.776. The Bertz CT molecular complexity index is 514. The molecule has 6 nitrogen and oxygen atoms in total. The maximum Gasteiger partial charge on any atom is 0.225 e. The van der Waals surface area contributed by atoms with Crippen LogP contribution in [0.15, 0.2) is 6.33 Å². The summed E-state index contributed by atoms with van der Waals surface area (Å²) >= 11 is 0. The van der Waals surface area contributed by atoms with Crippen molar-refractivity contribution in [2.24, 2.45) is 5.92 Å². The first-order valence-corrected chi connectivity index (χ1v) is 7.02. The number of nitrogens with zero attached hydrogens (tertiary/aromatic N) is 3. The highest BCUT2D eigenvalue weighted by atomic mass is 16.5. The van der Waals surface area contributed by atoms with Gasteiger partial charge in [0.2, 0.25) is 11.8 Å². The molecular weight excluding hydrogens is 258 g/mol. The topological polar surface area (TPSA) is 75.6 Å². The third-order valence-electron chi connectivity index (χ3n) is 4.21. The van der Waals surface area contributed by atoms with E-state index in [1.54, 1.807) is 7.11 Å². The van der Waals surface area contributed by atoms with E-state index in [-0.39, 0.29) is 17.9 Å². The highest BCUT2D eigenvalue weighted by Crippen LogP contribution is 2.30. The predicted octanol–water partition coefficient (Wildman–Crippen LogP) is 0.183. The summed E-state index contributed by atoms with van der Waals surface area (Å²) < 4.78 is 5.27. The number of fused-ring (bicyclic) bond motifs is 1. The first-order chi connectivity index (χ1) is 9.69.